The molecule has 14 rings (SSSR count). The normalized spacial score (nSPS) is 13.8. The van der Waals surface area contributed by atoms with Gasteiger partial charge in [-0.05, 0) is 103 Å². The lowest BCUT2D eigenvalue weighted by Gasteiger charge is -2.20. The number of pyridine rings is 1. The summed E-state index contributed by atoms with van der Waals surface area (Å²) < 4.78 is 97.4. The molecule has 5 heteroatoms. The molecule has 4 heterocycles. The Morgan fingerprint density at radius 3 is 1.51 bits per heavy atom. The second-order valence-corrected chi connectivity index (χ2v) is 19.8. The van der Waals surface area contributed by atoms with Gasteiger partial charge in [-0.3, -0.25) is 13.7 Å². The first-order chi connectivity index (χ1) is 41.0. The molecule has 0 aliphatic rings. The van der Waals surface area contributed by atoms with Gasteiger partial charge in [-0.25, -0.2) is 4.98 Å². The zero-order chi connectivity index (χ0) is 58.9. The first kappa shape index (κ1) is 34.7. The molecule has 4 aromatic heterocycles. The fourth-order valence-electron chi connectivity index (χ4n) is 11.0. The maximum atomic E-state index is 9.26. The van der Waals surface area contributed by atoms with Crippen molar-refractivity contribution in [3.05, 3.63) is 267 Å². The molecule has 356 valence electrons. The van der Waals surface area contributed by atoms with Crippen LogP contribution in [0.4, 0.5) is 0 Å². The quantitative estimate of drug-likeness (QED) is 0.121. The average molecular weight is 972 g/mol. The van der Waals surface area contributed by atoms with Crippen molar-refractivity contribution in [2.45, 2.75) is 26.2 Å². The van der Waals surface area contributed by atoms with Crippen molar-refractivity contribution in [1.82, 2.24) is 18.7 Å². The zero-order valence-corrected chi connectivity index (χ0v) is 41.2. The van der Waals surface area contributed by atoms with Crippen LogP contribution in [0, 0.1) is 6.33 Å². The molecule has 0 bridgehead atoms. The maximum absolute atomic E-state index is 9.26. The molecule has 10 aromatic carbocycles. The molecular weight excluding hydrogens is 911 g/mol. The zero-order valence-electron chi connectivity index (χ0n) is 51.2. The second kappa shape index (κ2) is 17.6. The third kappa shape index (κ3) is 7.30. The first-order valence-corrected chi connectivity index (χ1v) is 25.0. The summed E-state index contributed by atoms with van der Waals surface area (Å²) in [6.07, 6.45) is 5.52. The number of hydrogen-bond donors (Lipinski definition) is 0. The first-order valence-electron chi connectivity index (χ1n) is 30.0. The van der Waals surface area contributed by atoms with Crippen LogP contribution in [0.2, 0.25) is 0 Å². The number of imidazole rings is 1. The number of aromatic nitrogens is 5. The van der Waals surface area contributed by atoms with Gasteiger partial charge in [0.2, 0.25) is 0 Å². The van der Waals surface area contributed by atoms with E-state index >= 15 is 0 Å². The summed E-state index contributed by atoms with van der Waals surface area (Å²) in [6, 6.07) is 58.4. The van der Waals surface area contributed by atoms with Crippen LogP contribution < -0.4 is 4.57 Å². The summed E-state index contributed by atoms with van der Waals surface area (Å²) in [5, 5.41) is 8.27. The van der Waals surface area contributed by atoms with Crippen molar-refractivity contribution >= 4 is 76.2 Å². The molecule has 5 nitrogen and oxygen atoms in total. The third-order valence-electron chi connectivity index (χ3n) is 14.5. The van der Waals surface area contributed by atoms with Crippen molar-refractivity contribution in [2.75, 3.05) is 0 Å². The summed E-state index contributed by atoms with van der Waals surface area (Å²) >= 11 is 0. The molecule has 0 spiro atoms. The van der Waals surface area contributed by atoms with Crippen LogP contribution in [0.25, 0.3) is 121 Å². The lowest BCUT2D eigenvalue weighted by molar-refractivity contribution is -0.571. The molecule has 0 N–H and O–H groups in total. The van der Waals surface area contributed by atoms with Crippen LogP contribution in [0.3, 0.4) is 0 Å². The fourth-order valence-corrected chi connectivity index (χ4v) is 11.0. The Labute approximate surface area is 449 Å². The Morgan fingerprint density at radius 2 is 0.893 bits per heavy atom. The summed E-state index contributed by atoms with van der Waals surface area (Å²) in [5.41, 5.74) is 7.77. The number of nitrogens with zero attached hydrogens (tertiary/aromatic N) is 5. The lowest BCUT2D eigenvalue weighted by atomic mass is 9.88. The number of para-hydroxylation sites is 5. The number of hydrogen-bond acceptors (Lipinski definition) is 1. The molecule has 0 aliphatic carbocycles. The third-order valence-corrected chi connectivity index (χ3v) is 14.5. The predicted molar refractivity (Wildman–Crippen MR) is 312 cm³/mol. The summed E-state index contributed by atoms with van der Waals surface area (Å²) in [6.45, 7) is 6.62. The van der Waals surface area contributed by atoms with Gasteiger partial charge in [-0.2, -0.15) is 0 Å². The molecule has 0 unspecified atom stereocenters. The van der Waals surface area contributed by atoms with Crippen molar-refractivity contribution < 1.29 is 18.3 Å². The SMILES string of the molecule is [2H]c1c([2H])c([2H])c(-c2cccc(-c3c([2H])c([2H])c([2H])c([2H])c3[2H])c2-[n+]2[c-]n(-c3ccc4c5ccccc5c5ccccc5c5ccccc5n(-c5ccc6c7ccccc7n(-c7cc(C(C)(C)C)ccn7)c6c5)c4c3)c3ccccc32)c([2H])c1[2H]. The molecular formula is C70H51N5. The molecule has 0 atom stereocenters. The van der Waals surface area contributed by atoms with Crippen LogP contribution in [0.1, 0.15) is 40.0 Å². The topological polar surface area (TPSA) is 31.6 Å². The van der Waals surface area contributed by atoms with Crippen molar-refractivity contribution in [2.24, 2.45) is 0 Å². The average Bonchev–Trinajstić information content (AvgIpc) is 2.24. The minimum Gasteiger partial charge on any atom is -0.310 e. The van der Waals surface area contributed by atoms with Crippen LogP contribution in [-0.2, 0) is 5.41 Å². The van der Waals surface area contributed by atoms with E-state index in [1.165, 1.54) is 0 Å². The Bertz CT molecular complexity index is 5120. The van der Waals surface area contributed by atoms with Gasteiger partial charge in [-0.15, -0.1) is 0 Å². The Morgan fingerprint density at radius 1 is 0.427 bits per heavy atom. The van der Waals surface area contributed by atoms with E-state index in [4.69, 9.17) is 13.2 Å². The molecule has 0 saturated carbocycles. The molecule has 75 heavy (non-hydrogen) atoms. The molecule has 0 amide bonds. The summed E-state index contributed by atoms with van der Waals surface area (Å²) in [5.74, 6) is 0.803. The highest BCUT2D eigenvalue weighted by molar-refractivity contribution is 6.20. The van der Waals surface area contributed by atoms with E-state index in [2.05, 4.69) is 176 Å². The van der Waals surface area contributed by atoms with Gasteiger partial charge in [0.25, 0.3) is 6.33 Å². The fraction of sp³-hybridized carbons (Fsp3) is 0.0571. The van der Waals surface area contributed by atoms with Crippen molar-refractivity contribution in [3.63, 3.8) is 0 Å². The van der Waals surface area contributed by atoms with Gasteiger partial charge in [0.1, 0.15) is 5.82 Å². The van der Waals surface area contributed by atoms with E-state index in [0.717, 1.165) is 82.2 Å². The van der Waals surface area contributed by atoms with E-state index in [-0.39, 0.29) is 33.4 Å². The molecule has 14 aromatic rings. The number of benzene rings is 10. The van der Waals surface area contributed by atoms with E-state index in [9.17, 15) is 5.48 Å². The van der Waals surface area contributed by atoms with Crippen molar-refractivity contribution in [1.29, 1.82) is 0 Å². The van der Waals surface area contributed by atoms with Gasteiger partial charge in [0.05, 0.1) is 58.2 Å². The van der Waals surface area contributed by atoms with Crippen LogP contribution in [0.5, 0.6) is 0 Å². The Balaban J connectivity index is 1.13. The highest BCUT2D eigenvalue weighted by atomic mass is 15.1. The van der Waals surface area contributed by atoms with E-state index in [0.29, 0.717) is 16.7 Å². The second-order valence-electron chi connectivity index (χ2n) is 19.8. The van der Waals surface area contributed by atoms with E-state index < -0.39 is 60.4 Å². The highest BCUT2D eigenvalue weighted by Crippen LogP contribution is 2.40. The summed E-state index contributed by atoms with van der Waals surface area (Å²) in [4.78, 5) is 5.03. The minimum absolute atomic E-state index is 0.132. The van der Waals surface area contributed by atoms with Crippen LogP contribution in [0.15, 0.2) is 255 Å². The molecule has 0 fully saturated rings. The van der Waals surface area contributed by atoms with Gasteiger partial charge in [0.15, 0.2) is 0 Å². The highest BCUT2D eigenvalue weighted by Gasteiger charge is 2.22. The Hall–Kier alpha value is -9.58. The molecule has 0 saturated heterocycles. The monoisotopic (exact) mass is 971 g/mol. The largest absolute Gasteiger partial charge is 0.310 e. The molecule has 0 aliphatic heterocycles. The van der Waals surface area contributed by atoms with Crippen molar-refractivity contribution in [3.8, 4) is 45.1 Å². The van der Waals surface area contributed by atoms with Crippen LogP contribution in [-0.4, -0.2) is 18.7 Å². The maximum Gasteiger partial charge on any atom is 0.269 e. The van der Waals surface area contributed by atoms with Gasteiger partial charge in [0, 0.05) is 33.4 Å². The van der Waals surface area contributed by atoms with E-state index in [1.54, 1.807) is 22.8 Å². The predicted octanol–water partition coefficient (Wildman–Crippen LogP) is 17.4. The smallest absolute Gasteiger partial charge is 0.269 e. The van der Waals surface area contributed by atoms with E-state index in [1.807, 2.05) is 41.1 Å². The minimum atomic E-state index is -0.569. The number of fused-ring (bicyclic) bond motifs is 11. The van der Waals surface area contributed by atoms with Crippen LogP contribution >= 0.6 is 0 Å². The summed E-state index contributed by atoms with van der Waals surface area (Å²) in [7, 11) is 0. The Kier molecular flexibility index (Phi) is 8.14. The van der Waals surface area contributed by atoms with Gasteiger partial charge < -0.3 is 4.57 Å². The lowest BCUT2D eigenvalue weighted by Crippen LogP contribution is -2.31. The number of rotatable bonds is 6. The standard InChI is InChI=1S/C70H51N5/c1-70(2,3)49-41-42-71-68(43-49)75-63-34-17-15-30-59(63)61-40-38-51(45-67(61)75)74-62-33-16-14-29-58(62)56-27-12-10-25-54(56)55-26-11-13-28-57(55)60-39-37-50(44-66(60)74)72-46-73(65-36-19-18-35-64(65)72)69-52(47-21-6-4-7-22-47)31-20-32-53(69)48-23-8-5-9-24-48/h4-45H,1-3H3/i4D,5D,6D,7D,8D,9D,21D,22D,23D,24D. The van der Waals surface area contributed by atoms with Gasteiger partial charge in [-0.1, -0.05) is 221 Å². The van der Waals surface area contributed by atoms with Gasteiger partial charge >= 0.3 is 0 Å². The molecule has 0 radical (unpaired) electrons.